The second-order valence-electron chi connectivity index (χ2n) is 3.54. The molecule has 94 valence electrons. The Morgan fingerprint density at radius 2 is 1.94 bits per heavy atom. The fourth-order valence-electron chi connectivity index (χ4n) is 1.35. The Kier molecular flexibility index (Phi) is 5.46. The predicted molar refractivity (Wildman–Crippen MR) is 66.2 cm³/mol. The van der Waals surface area contributed by atoms with Gasteiger partial charge in [-0.2, -0.15) is 5.26 Å². The molecule has 1 aromatic rings. The molecule has 18 heavy (non-hydrogen) atoms. The monoisotopic (exact) mass is 245 g/mol. The van der Waals surface area contributed by atoms with Crippen molar-refractivity contribution in [3.63, 3.8) is 0 Å². The molecule has 0 aliphatic carbocycles. The van der Waals surface area contributed by atoms with Gasteiger partial charge in [0, 0.05) is 0 Å². The highest BCUT2D eigenvalue weighted by Gasteiger charge is 2.15. The smallest absolute Gasteiger partial charge is 0.352 e. The first-order valence-corrected chi connectivity index (χ1v) is 5.63. The van der Waals surface area contributed by atoms with Gasteiger partial charge in [-0.25, -0.2) is 4.79 Å². The average Bonchev–Trinajstić information content (AvgIpc) is 2.39. The van der Waals surface area contributed by atoms with Gasteiger partial charge in [0.25, 0.3) is 0 Å². The summed E-state index contributed by atoms with van der Waals surface area (Å²) in [5, 5.41) is 8.90. The largest absolute Gasteiger partial charge is 0.497 e. The van der Waals surface area contributed by atoms with Gasteiger partial charge < -0.3 is 9.47 Å². The summed E-state index contributed by atoms with van der Waals surface area (Å²) >= 11 is 0. The summed E-state index contributed by atoms with van der Waals surface area (Å²) in [6.45, 7) is 3.91. The summed E-state index contributed by atoms with van der Waals surface area (Å²) in [6, 6.07) is 11.1. The number of nitrogens with zero attached hydrogens (tertiary/aromatic N) is 1. The number of ether oxygens (including phenoxy) is 2. The van der Waals surface area contributed by atoms with Crippen LogP contribution in [0.1, 0.15) is 19.4 Å². The Labute approximate surface area is 106 Å². The van der Waals surface area contributed by atoms with Gasteiger partial charge in [-0.05, 0) is 19.4 Å². The summed E-state index contributed by atoms with van der Waals surface area (Å²) in [5.74, 6) is -0.370. The third-order valence-corrected chi connectivity index (χ3v) is 2.24. The van der Waals surface area contributed by atoms with Crippen LogP contribution in [0.5, 0.6) is 0 Å². The highest BCUT2D eigenvalue weighted by molar-refractivity contribution is 5.93. The van der Waals surface area contributed by atoms with Crippen LogP contribution >= 0.6 is 0 Å². The van der Waals surface area contributed by atoms with E-state index in [1.165, 1.54) is 0 Å². The topological polar surface area (TPSA) is 59.3 Å². The van der Waals surface area contributed by atoms with Crippen molar-refractivity contribution in [3.05, 3.63) is 47.2 Å². The minimum Gasteiger partial charge on any atom is -0.497 e. The zero-order valence-electron chi connectivity index (χ0n) is 10.5. The lowest BCUT2D eigenvalue weighted by molar-refractivity contribution is -0.140. The van der Waals surface area contributed by atoms with Crippen molar-refractivity contribution in [2.45, 2.75) is 20.5 Å². The summed E-state index contributed by atoms with van der Waals surface area (Å²) in [5.41, 5.74) is 0.782. The second kappa shape index (κ2) is 7.13. The van der Waals surface area contributed by atoms with Crippen LogP contribution in [0.2, 0.25) is 0 Å². The van der Waals surface area contributed by atoms with Crippen LogP contribution < -0.4 is 0 Å². The molecule has 0 saturated heterocycles. The molecule has 0 unspecified atom stereocenters. The van der Waals surface area contributed by atoms with Crippen LogP contribution in [-0.2, 0) is 20.9 Å². The van der Waals surface area contributed by atoms with Crippen molar-refractivity contribution in [2.24, 2.45) is 0 Å². The van der Waals surface area contributed by atoms with E-state index < -0.39 is 5.97 Å². The lowest BCUT2D eigenvalue weighted by atomic mass is 10.2. The third-order valence-electron chi connectivity index (χ3n) is 2.24. The average molecular weight is 245 g/mol. The number of carbonyl (C=O) groups is 1. The Balaban J connectivity index is 2.65. The van der Waals surface area contributed by atoms with Crippen molar-refractivity contribution in [3.8, 4) is 6.07 Å². The van der Waals surface area contributed by atoms with E-state index in [0.29, 0.717) is 6.61 Å². The van der Waals surface area contributed by atoms with E-state index in [1.807, 2.05) is 30.3 Å². The standard InChI is InChI=1S/C14H15NO3/c1-3-17-11(2)13(9-15)14(16)18-10-12-7-5-4-6-8-12/h4-8H,3,10H2,1-2H3/b13-11+. The van der Waals surface area contributed by atoms with E-state index in [1.54, 1.807) is 19.9 Å². The van der Waals surface area contributed by atoms with Gasteiger partial charge in [0.15, 0.2) is 5.57 Å². The van der Waals surface area contributed by atoms with Crippen molar-refractivity contribution in [2.75, 3.05) is 6.61 Å². The molecule has 0 spiro atoms. The molecular weight excluding hydrogens is 230 g/mol. The van der Waals surface area contributed by atoms with E-state index in [9.17, 15) is 4.79 Å². The number of carbonyl (C=O) groups excluding carboxylic acids is 1. The zero-order valence-corrected chi connectivity index (χ0v) is 10.5. The van der Waals surface area contributed by atoms with Crippen molar-refractivity contribution in [1.29, 1.82) is 5.26 Å². The van der Waals surface area contributed by atoms with Crippen LogP contribution in [-0.4, -0.2) is 12.6 Å². The molecule has 0 aromatic heterocycles. The Morgan fingerprint density at radius 1 is 1.28 bits per heavy atom. The predicted octanol–water partition coefficient (Wildman–Crippen LogP) is 2.56. The minimum absolute atomic E-state index is 0.0900. The first kappa shape index (κ1) is 13.8. The molecule has 0 bridgehead atoms. The molecule has 1 rings (SSSR count). The number of esters is 1. The molecule has 0 aliphatic heterocycles. The number of rotatable bonds is 5. The van der Waals surface area contributed by atoms with E-state index in [2.05, 4.69) is 0 Å². The molecule has 0 fully saturated rings. The van der Waals surface area contributed by atoms with E-state index in [-0.39, 0.29) is 17.9 Å². The Morgan fingerprint density at radius 3 is 2.50 bits per heavy atom. The van der Waals surface area contributed by atoms with Crippen LogP contribution in [0.4, 0.5) is 0 Å². The van der Waals surface area contributed by atoms with Gasteiger partial charge >= 0.3 is 5.97 Å². The van der Waals surface area contributed by atoms with Crippen molar-refractivity contribution in [1.82, 2.24) is 0 Å². The maximum absolute atomic E-state index is 11.7. The molecule has 0 heterocycles. The van der Waals surface area contributed by atoms with Crippen molar-refractivity contribution >= 4 is 5.97 Å². The molecule has 0 radical (unpaired) electrons. The Hall–Kier alpha value is -2.28. The lowest BCUT2D eigenvalue weighted by Gasteiger charge is -2.07. The van der Waals surface area contributed by atoms with Crippen LogP contribution in [0.15, 0.2) is 41.7 Å². The minimum atomic E-state index is -0.660. The van der Waals surface area contributed by atoms with Gasteiger partial charge in [-0.3, -0.25) is 0 Å². The lowest BCUT2D eigenvalue weighted by Crippen LogP contribution is -2.09. The first-order valence-electron chi connectivity index (χ1n) is 5.63. The van der Waals surface area contributed by atoms with Crippen LogP contribution in [0.25, 0.3) is 0 Å². The summed E-state index contributed by atoms with van der Waals surface area (Å²) in [7, 11) is 0. The molecule has 0 atom stereocenters. The number of benzene rings is 1. The summed E-state index contributed by atoms with van der Waals surface area (Å²) < 4.78 is 10.2. The van der Waals surface area contributed by atoms with Gasteiger partial charge in [-0.1, -0.05) is 30.3 Å². The fraction of sp³-hybridized carbons (Fsp3) is 0.286. The van der Waals surface area contributed by atoms with Crippen LogP contribution in [0.3, 0.4) is 0 Å². The summed E-state index contributed by atoms with van der Waals surface area (Å²) in [6.07, 6.45) is 0. The number of allylic oxidation sites excluding steroid dienone is 1. The fourth-order valence-corrected chi connectivity index (χ4v) is 1.35. The van der Waals surface area contributed by atoms with Crippen molar-refractivity contribution < 1.29 is 14.3 Å². The molecule has 4 heteroatoms. The molecule has 0 saturated carbocycles. The first-order chi connectivity index (χ1) is 8.69. The highest BCUT2D eigenvalue weighted by Crippen LogP contribution is 2.09. The number of hydrogen-bond donors (Lipinski definition) is 0. The summed E-state index contributed by atoms with van der Waals surface area (Å²) in [4.78, 5) is 11.7. The van der Waals surface area contributed by atoms with Crippen LogP contribution in [0, 0.1) is 11.3 Å². The van der Waals surface area contributed by atoms with Gasteiger partial charge in [0.1, 0.15) is 18.4 Å². The van der Waals surface area contributed by atoms with E-state index in [4.69, 9.17) is 14.7 Å². The van der Waals surface area contributed by atoms with Gasteiger partial charge in [-0.15, -0.1) is 0 Å². The third kappa shape index (κ3) is 3.95. The quantitative estimate of drug-likeness (QED) is 0.346. The molecule has 0 amide bonds. The zero-order chi connectivity index (χ0) is 13.4. The molecule has 0 aliphatic rings. The molecule has 0 N–H and O–H groups in total. The normalized spacial score (nSPS) is 11.2. The van der Waals surface area contributed by atoms with Gasteiger partial charge in [0.05, 0.1) is 6.61 Å². The van der Waals surface area contributed by atoms with E-state index in [0.717, 1.165) is 5.56 Å². The maximum atomic E-state index is 11.7. The SMILES string of the molecule is CCO/C(C)=C(\C#N)C(=O)OCc1ccccc1. The second-order valence-corrected chi connectivity index (χ2v) is 3.54. The molecular formula is C14H15NO3. The number of nitriles is 1. The molecule has 1 aromatic carbocycles. The number of hydrogen-bond acceptors (Lipinski definition) is 4. The highest BCUT2D eigenvalue weighted by atomic mass is 16.5. The van der Waals surface area contributed by atoms with E-state index >= 15 is 0 Å². The van der Waals surface area contributed by atoms with Gasteiger partial charge in [0.2, 0.25) is 0 Å². The Bertz CT molecular complexity index is 472. The maximum Gasteiger partial charge on any atom is 0.352 e. The molecule has 4 nitrogen and oxygen atoms in total.